The van der Waals surface area contributed by atoms with E-state index in [2.05, 4.69) is 15.5 Å². The average molecular weight is 305 g/mol. The molecule has 2 heterocycles. The predicted molar refractivity (Wildman–Crippen MR) is 83.9 cm³/mol. The number of nitrogens with one attached hydrogen (secondary N) is 1. The minimum absolute atomic E-state index is 0.173. The molecule has 0 radical (unpaired) electrons. The summed E-state index contributed by atoms with van der Waals surface area (Å²) in [6.07, 6.45) is 1.01. The van der Waals surface area contributed by atoms with Gasteiger partial charge in [0.1, 0.15) is 0 Å². The molecule has 22 heavy (non-hydrogen) atoms. The fourth-order valence-electron chi connectivity index (χ4n) is 2.33. The Morgan fingerprint density at radius 1 is 1.45 bits per heavy atom. The Morgan fingerprint density at radius 3 is 2.82 bits per heavy atom. The lowest BCUT2D eigenvalue weighted by molar-refractivity contribution is 0.0911. The summed E-state index contributed by atoms with van der Waals surface area (Å²) in [6, 6.07) is 1.78. The van der Waals surface area contributed by atoms with E-state index in [1.54, 1.807) is 13.0 Å². The molecule has 2 N–H and O–H groups in total. The molecule has 6 heteroatoms. The van der Waals surface area contributed by atoms with Crippen LogP contribution in [0.15, 0.2) is 10.6 Å². The van der Waals surface area contributed by atoms with Crippen LogP contribution in [0.2, 0.25) is 0 Å². The summed E-state index contributed by atoms with van der Waals surface area (Å²) in [5.41, 5.74) is 2.29. The van der Waals surface area contributed by atoms with Gasteiger partial charge in [-0.25, -0.2) is 4.98 Å². The third-order valence-corrected chi connectivity index (χ3v) is 3.59. The highest BCUT2D eigenvalue weighted by Crippen LogP contribution is 2.25. The third kappa shape index (κ3) is 3.44. The van der Waals surface area contributed by atoms with Crippen molar-refractivity contribution in [1.29, 1.82) is 0 Å². The lowest BCUT2D eigenvalue weighted by Gasteiger charge is -2.12. The van der Waals surface area contributed by atoms with Crippen LogP contribution in [0.5, 0.6) is 0 Å². The van der Waals surface area contributed by atoms with Crippen molar-refractivity contribution >= 4 is 17.0 Å². The SMILES string of the molecule is CCCC(O)CNC(=O)c1cc(C(C)C)nc2onc(C)c12. The molecule has 1 unspecified atom stereocenters. The number of fused-ring (bicyclic) bond motifs is 1. The van der Waals surface area contributed by atoms with E-state index >= 15 is 0 Å². The molecule has 0 aliphatic carbocycles. The minimum Gasteiger partial charge on any atom is -0.391 e. The highest BCUT2D eigenvalue weighted by atomic mass is 16.5. The van der Waals surface area contributed by atoms with E-state index < -0.39 is 6.10 Å². The van der Waals surface area contributed by atoms with Crippen LogP contribution in [0.1, 0.15) is 61.3 Å². The lowest BCUT2D eigenvalue weighted by Crippen LogP contribution is -2.32. The number of carbonyl (C=O) groups is 1. The fourth-order valence-corrected chi connectivity index (χ4v) is 2.33. The first-order chi connectivity index (χ1) is 10.4. The van der Waals surface area contributed by atoms with E-state index in [0.29, 0.717) is 28.8 Å². The first kappa shape index (κ1) is 16.4. The Labute approximate surface area is 129 Å². The molecular formula is C16H23N3O3. The second-order valence-corrected chi connectivity index (χ2v) is 5.85. The highest BCUT2D eigenvalue weighted by Gasteiger charge is 2.20. The first-order valence-corrected chi connectivity index (χ1v) is 7.67. The molecule has 0 bridgehead atoms. The maximum atomic E-state index is 12.5. The van der Waals surface area contributed by atoms with Gasteiger partial charge in [0, 0.05) is 12.2 Å². The zero-order valence-corrected chi connectivity index (χ0v) is 13.5. The molecule has 1 atom stereocenters. The summed E-state index contributed by atoms with van der Waals surface area (Å²) < 4.78 is 5.20. The maximum Gasteiger partial charge on any atom is 0.259 e. The number of rotatable bonds is 6. The molecule has 0 spiro atoms. The van der Waals surface area contributed by atoms with Gasteiger partial charge in [-0.1, -0.05) is 32.3 Å². The molecule has 1 amide bonds. The van der Waals surface area contributed by atoms with Crippen molar-refractivity contribution in [2.75, 3.05) is 6.54 Å². The van der Waals surface area contributed by atoms with Gasteiger partial charge < -0.3 is 14.9 Å². The number of pyridine rings is 1. The number of carbonyl (C=O) groups excluding carboxylic acids is 1. The van der Waals surface area contributed by atoms with Crippen LogP contribution in [0.3, 0.4) is 0 Å². The first-order valence-electron chi connectivity index (χ1n) is 7.67. The lowest BCUT2D eigenvalue weighted by atomic mass is 10.0. The summed E-state index contributed by atoms with van der Waals surface area (Å²) in [5, 5.41) is 17.1. The Balaban J connectivity index is 2.32. The van der Waals surface area contributed by atoms with Gasteiger partial charge in [-0.05, 0) is 25.3 Å². The Kier molecular flexibility index (Phi) is 5.13. The van der Waals surface area contributed by atoms with Crippen molar-refractivity contribution in [2.24, 2.45) is 0 Å². The van der Waals surface area contributed by atoms with Crippen LogP contribution in [0.25, 0.3) is 11.1 Å². The molecule has 0 aromatic carbocycles. The van der Waals surface area contributed by atoms with Crippen LogP contribution in [-0.4, -0.2) is 33.8 Å². The highest BCUT2D eigenvalue weighted by molar-refractivity contribution is 6.06. The standard InChI is InChI=1S/C16H23N3O3/c1-5-6-11(20)8-17-15(21)12-7-13(9(2)3)18-16-14(12)10(4)19-22-16/h7,9,11,20H,5-6,8H2,1-4H3,(H,17,21). The van der Waals surface area contributed by atoms with Crippen LogP contribution >= 0.6 is 0 Å². The Hall–Kier alpha value is -1.95. The molecule has 0 saturated heterocycles. The largest absolute Gasteiger partial charge is 0.391 e. The summed E-state index contributed by atoms with van der Waals surface area (Å²) in [4.78, 5) is 16.9. The number of aliphatic hydroxyl groups is 1. The quantitative estimate of drug-likeness (QED) is 0.856. The molecule has 120 valence electrons. The second kappa shape index (κ2) is 6.87. The molecule has 0 aliphatic rings. The number of aliphatic hydroxyl groups excluding tert-OH is 1. The normalized spacial score (nSPS) is 12.8. The van der Waals surface area contributed by atoms with Crippen molar-refractivity contribution < 1.29 is 14.4 Å². The molecule has 2 aromatic rings. The second-order valence-electron chi connectivity index (χ2n) is 5.85. The monoisotopic (exact) mass is 305 g/mol. The Bertz CT molecular complexity index is 664. The number of nitrogens with zero attached hydrogens (tertiary/aromatic N) is 2. The van der Waals surface area contributed by atoms with Crippen LogP contribution in [0.4, 0.5) is 0 Å². The maximum absolute atomic E-state index is 12.5. The van der Waals surface area contributed by atoms with E-state index in [1.807, 2.05) is 20.8 Å². The smallest absolute Gasteiger partial charge is 0.259 e. The summed E-state index contributed by atoms with van der Waals surface area (Å²) in [7, 11) is 0. The van der Waals surface area contributed by atoms with Gasteiger partial charge in [0.2, 0.25) is 0 Å². The topological polar surface area (TPSA) is 88.2 Å². The van der Waals surface area contributed by atoms with Gasteiger partial charge in [-0.15, -0.1) is 0 Å². The van der Waals surface area contributed by atoms with E-state index in [0.717, 1.165) is 12.1 Å². The number of aryl methyl sites for hydroxylation is 1. The van der Waals surface area contributed by atoms with Gasteiger partial charge in [-0.2, -0.15) is 0 Å². The molecule has 0 fully saturated rings. The molecule has 2 aromatic heterocycles. The molecule has 6 nitrogen and oxygen atoms in total. The molecule has 0 saturated carbocycles. The van der Waals surface area contributed by atoms with E-state index in [9.17, 15) is 9.90 Å². The van der Waals surface area contributed by atoms with Crippen molar-refractivity contribution in [3.8, 4) is 0 Å². The Morgan fingerprint density at radius 2 is 2.18 bits per heavy atom. The number of hydrogen-bond donors (Lipinski definition) is 2. The van der Waals surface area contributed by atoms with Crippen LogP contribution in [-0.2, 0) is 0 Å². The van der Waals surface area contributed by atoms with Crippen molar-refractivity contribution in [2.45, 2.75) is 52.6 Å². The zero-order chi connectivity index (χ0) is 16.3. The summed E-state index contributed by atoms with van der Waals surface area (Å²) >= 11 is 0. The molecule has 0 aliphatic heterocycles. The third-order valence-electron chi connectivity index (χ3n) is 3.59. The zero-order valence-electron chi connectivity index (χ0n) is 13.5. The minimum atomic E-state index is -0.528. The number of amides is 1. The van der Waals surface area contributed by atoms with Gasteiger partial charge >= 0.3 is 0 Å². The van der Waals surface area contributed by atoms with Crippen molar-refractivity contribution in [1.82, 2.24) is 15.5 Å². The van der Waals surface area contributed by atoms with Gasteiger partial charge in [0.05, 0.1) is 22.7 Å². The van der Waals surface area contributed by atoms with E-state index in [-0.39, 0.29) is 18.4 Å². The number of aromatic nitrogens is 2. The van der Waals surface area contributed by atoms with Gasteiger partial charge in [0.15, 0.2) is 0 Å². The van der Waals surface area contributed by atoms with Crippen molar-refractivity contribution in [3.05, 3.63) is 23.0 Å². The number of hydrogen-bond acceptors (Lipinski definition) is 5. The summed E-state index contributed by atoms with van der Waals surface area (Å²) in [6.45, 7) is 8.02. The summed E-state index contributed by atoms with van der Waals surface area (Å²) in [5.74, 6) is -0.0669. The predicted octanol–water partition coefficient (Wildman–Crippen LogP) is 2.55. The fraction of sp³-hybridized carbons (Fsp3) is 0.562. The van der Waals surface area contributed by atoms with E-state index in [1.165, 1.54) is 0 Å². The average Bonchev–Trinajstić information content (AvgIpc) is 2.85. The van der Waals surface area contributed by atoms with Gasteiger partial charge in [-0.3, -0.25) is 4.79 Å². The van der Waals surface area contributed by atoms with Crippen LogP contribution < -0.4 is 5.32 Å². The molecular weight excluding hydrogens is 282 g/mol. The van der Waals surface area contributed by atoms with Crippen molar-refractivity contribution in [3.63, 3.8) is 0 Å². The molecule has 2 rings (SSSR count). The van der Waals surface area contributed by atoms with Crippen LogP contribution in [0, 0.1) is 6.92 Å². The van der Waals surface area contributed by atoms with Gasteiger partial charge in [0.25, 0.3) is 11.6 Å². The van der Waals surface area contributed by atoms with E-state index in [4.69, 9.17) is 4.52 Å².